The van der Waals surface area contributed by atoms with Crippen LogP contribution in [0.2, 0.25) is 0 Å². The maximum atomic E-state index is 12.5. The largest absolute Gasteiger partial charge is 0.480 e. The highest BCUT2D eigenvalue weighted by Crippen LogP contribution is 2.01. The van der Waals surface area contributed by atoms with E-state index in [0.717, 1.165) is 0 Å². The van der Waals surface area contributed by atoms with E-state index < -0.39 is 54.0 Å². The van der Waals surface area contributed by atoms with Crippen molar-refractivity contribution >= 4 is 42.3 Å². The minimum absolute atomic E-state index is 0.0839. The fourth-order valence-corrected chi connectivity index (χ4v) is 2.40. The first-order chi connectivity index (χ1) is 13.9. The average Bonchev–Trinajstić information content (AvgIpc) is 2.65. The smallest absolute Gasteiger partial charge is 0.325 e. The van der Waals surface area contributed by atoms with Crippen molar-refractivity contribution in [3.05, 3.63) is 0 Å². The Morgan fingerprint density at radius 1 is 1.03 bits per heavy atom. The lowest BCUT2D eigenvalue weighted by atomic mass is 10.1. The predicted octanol–water partition coefficient (Wildman–Crippen LogP) is -3.76. The highest BCUT2D eigenvalue weighted by molar-refractivity contribution is 7.80. The molecular weight excluding hydrogens is 418 g/mol. The van der Waals surface area contributed by atoms with Gasteiger partial charge in [-0.25, -0.2) is 0 Å². The molecule has 11 N–H and O–H groups in total. The van der Waals surface area contributed by atoms with Crippen molar-refractivity contribution in [1.82, 2.24) is 16.0 Å². The number of carboxylic acid groups (broad SMARTS) is 1. The maximum Gasteiger partial charge on any atom is 0.325 e. The van der Waals surface area contributed by atoms with Crippen molar-refractivity contribution in [3.63, 3.8) is 0 Å². The third-order valence-electron chi connectivity index (χ3n) is 3.91. The molecule has 0 aliphatic carbocycles. The monoisotopic (exact) mass is 449 g/mol. The topological polar surface area (TPSA) is 235 Å². The Labute approximate surface area is 179 Å². The summed E-state index contributed by atoms with van der Waals surface area (Å²) >= 11 is 3.97. The zero-order valence-corrected chi connectivity index (χ0v) is 17.8. The number of nitrogens with two attached hydrogens (primary N) is 3. The van der Waals surface area contributed by atoms with Gasteiger partial charge in [0.15, 0.2) is 5.96 Å². The second-order valence-electron chi connectivity index (χ2n) is 6.59. The molecule has 0 heterocycles. The molecule has 0 aromatic carbocycles. The molecule has 14 heteroatoms. The number of carbonyl (C=O) groups excluding carboxylic acids is 3. The lowest BCUT2D eigenvalue weighted by molar-refractivity contribution is -0.141. The molecule has 172 valence electrons. The average molecular weight is 450 g/mol. The Morgan fingerprint density at radius 3 is 2.10 bits per heavy atom. The minimum Gasteiger partial charge on any atom is -0.480 e. The number of rotatable bonds is 13. The summed E-state index contributed by atoms with van der Waals surface area (Å²) in [6, 6.07) is -4.74. The second kappa shape index (κ2) is 13.6. The van der Waals surface area contributed by atoms with Gasteiger partial charge in [0.05, 0.1) is 12.1 Å². The van der Waals surface area contributed by atoms with Gasteiger partial charge < -0.3 is 43.4 Å². The summed E-state index contributed by atoms with van der Waals surface area (Å²) in [5.74, 6) is -3.81. The highest BCUT2D eigenvalue weighted by Gasteiger charge is 2.31. The van der Waals surface area contributed by atoms with Crippen LogP contribution in [0.15, 0.2) is 4.99 Å². The van der Waals surface area contributed by atoms with Gasteiger partial charge in [0.1, 0.15) is 18.1 Å². The maximum absolute atomic E-state index is 12.5. The third-order valence-corrected chi connectivity index (χ3v) is 4.28. The number of aliphatic carboxylic acids is 1. The molecule has 3 amide bonds. The number of hydrogen-bond acceptors (Lipinski definition) is 8. The number of nitrogens with zero attached hydrogens (tertiary/aromatic N) is 1. The first-order valence-corrected chi connectivity index (χ1v) is 9.77. The van der Waals surface area contributed by atoms with Gasteiger partial charge in [0.2, 0.25) is 17.7 Å². The zero-order chi connectivity index (χ0) is 23.4. The van der Waals surface area contributed by atoms with E-state index in [4.69, 9.17) is 22.3 Å². The molecule has 30 heavy (non-hydrogen) atoms. The molecule has 0 rings (SSSR count). The summed E-state index contributed by atoms with van der Waals surface area (Å²) in [6.07, 6.45) is -0.655. The van der Waals surface area contributed by atoms with Gasteiger partial charge in [-0.05, 0) is 26.7 Å². The Hall–Kier alpha value is -2.58. The van der Waals surface area contributed by atoms with Crippen LogP contribution in [-0.4, -0.2) is 82.4 Å². The third kappa shape index (κ3) is 10.3. The van der Waals surface area contributed by atoms with Crippen LogP contribution < -0.4 is 33.2 Å². The summed E-state index contributed by atoms with van der Waals surface area (Å²) in [4.78, 5) is 51.4. The van der Waals surface area contributed by atoms with Gasteiger partial charge in [-0.1, -0.05) is 0 Å². The Balaban J connectivity index is 4.91. The van der Waals surface area contributed by atoms with Crippen LogP contribution in [0.5, 0.6) is 0 Å². The molecule has 0 bridgehead atoms. The molecule has 0 aromatic heterocycles. The molecular formula is C16H31N7O6S. The van der Waals surface area contributed by atoms with Gasteiger partial charge in [0, 0.05) is 12.3 Å². The lowest BCUT2D eigenvalue weighted by Gasteiger charge is -2.25. The van der Waals surface area contributed by atoms with Crippen LogP contribution in [0, 0.1) is 0 Å². The van der Waals surface area contributed by atoms with E-state index in [1.807, 2.05) is 0 Å². The molecule has 0 aromatic rings. The van der Waals surface area contributed by atoms with Crippen LogP contribution in [0.3, 0.4) is 0 Å². The Bertz CT molecular complexity index is 642. The van der Waals surface area contributed by atoms with Gasteiger partial charge in [-0.15, -0.1) is 0 Å². The fourth-order valence-electron chi connectivity index (χ4n) is 2.15. The SMILES string of the molecule is CC(NC(=O)C(CS)NC(=O)C(NC(=O)C(N)CCCN=C(N)N)C(C)O)C(=O)O. The van der Waals surface area contributed by atoms with Crippen molar-refractivity contribution in [2.45, 2.75) is 57.0 Å². The predicted molar refractivity (Wildman–Crippen MR) is 113 cm³/mol. The number of nitrogens with one attached hydrogen (secondary N) is 3. The number of carbonyl (C=O) groups is 4. The van der Waals surface area contributed by atoms with Crippen LogP contribution in [0.25, 0.3) is 0 Å². The normalized spacial score (nSPS) is 15.6. The van der Waals surface area contributed by atoms with E-state index in [1.54, 1.807) is 0 Å². The molecule has 0 saturated heterocycles. The van der Waals surface area contributed by atoms with Crippen molar-refractivity contribution in [3.8, 4) is 0 Å². The second-order valence-corrected chi connectivity index (χ2v) is 6.96. The van der Waals surface area contributed by atoms with Crippen molar-refractivity contribution in [2.75, 3.05) is 12.3 Å². The van der Waals surface area contributed by atoms with E-state index >= 15 is 0 Å². The number of hydrogen-bond donors (Lipinski definition) is 9. The van der Waals surface area contributed by atoms with Crippen LogP contribution in [-0.2, 0) is 19.2 Å². The molecule has 5 unspecified atom stereocenters. The van der Waals surface area contributed by atoms with Crippen molar-refractivity contribution in [2.24, 2.45) is 22.2 Å². The van der Waals surface area contributed by atoms with Gasteiger partial charge in [-0.2, -0.15) is 12.6 Å². The summed E-state index contributed by atoms with van der Waals surface area (Å²) < 4.78 is 0. The summed E-state index contributed by atoms with van der Waals surface area (Å²) in [5, 5.41) is 25.6. The molecule has 0 aliphatic rings. The molecule has 0 saturated carbocycles. The van der Waals surface area contributed by atoms with Gasteiger partial charge >= 0.3 is 5.97 Å². The van der Waals surface area contributed by atoms with Crippen LogP contribution in [0.4, 0.5) is 0 Å². The molecule has 0 spiro atoms. The summed E-state index contributed by atoms with van der Waals surface area (Å²) in [6.45, 7) is 2.80. The summed E-state index contributed by atoms with van der Waals surface area (Å²) in [7, 11) is 0. The first-order valence-electron chi connectivity index (χ1n) is 9.14. The number of aliphatic hydroxyl groups excluding tert-OH is 1. The number of guanidine groups is 1. The van der Waals surface area contributed by atoms with E-state index in [0.29, 0.717) is 6.42 Å². The standard InChI is InChI=1S/C16H31N7O6S/c1-7(15(28)29)21-13(26)10(6-30)22-14(27)11(8(2)24)23-12(25)9(17)4-3-5-20-16(18)19/h7-11,24,30H,3-6,17H2,1-2H3,(H,21,26)(H,22,27)(H,23,25)(H,28,29)(H4,18,19,20). The quantitative estimate of drug-likeness (QED) is 0.0580. The molecule has 0 aliphatic heterocycles. The summed E-state index contributed by atoms with van der Waals surface area (Å²) in [5.41, 5.74) is 16.2. The minimum atomic E-state index is -1.40. The Morgan fingerprint density at radius 2 is 1.63 bits per heavy atom. The first kappa shape index (κ1) is 27.4. The van der Waals surface area contributed by atoms with Crippen molar-refractivity contribution < 1.29 is 29.4 Å². The van der Waals surface area contributed by atoms with Crippen LogP contribution >= 0.6 is 12.6 Å². The van der Waals surface area contributed by atoms with E-state index in [9.17, 15) is 24.3 Å². The highest BCUT2D eigenvalue weighted by atomic mass is 32.1. The van der Waals surface area contributed by atoms with E-state index in [-0.39, 0.29) is 24.7 Å². The lowest BCUT2D eigenvalue weighted by Crippen LogP contribution is -2.60. The number of amides is 3. The Kier molecular flexibility index (Phi) is 12.4. The van der Waals surface area contributed by atoms with Gasteiger partial charge in [-0.3, -0.25) is 24.2 Å². The van der Waals surface area contributed by atoms with Crippen molar-refractivity contribution in [1.29, 1.82) is 0 Å². The molecule has 5 atom stereocenters. The molecule has 0 fully saturated rings. The number of carboxylic acids is 1. The zero-order valence-electron chi connectivity index (χ0n) is 16.9. The fraction of sp³-hybridized carbons (Fsp3) is 0.688. The molecule has 0 radical (unpaired) electrons. The van der Waals surface area contributed by atoms with Crippen LogP contribution in [0.1, 0.15) is 26.7 Å². The number of thiol groups is 1. The molecule has 13 nitrogen and oxygen atoms in total. The van der Waals surface area contributed by atoms with E-state index in [1.165, 1.54) is 13.8 Å². The van der Waals surface area contributed by atoms with Gasteiger partial charge in [0.25, 0.3) is 0 Å². The van der Waals surface area contributed by atoms with E-state index in [2.05, 4.69) is 33.6 Å². The number of aliphatic imine (C=N–C) groups is 1. The number of aliphatic hydroxyl groups is 1.